The zero-order valence-corrected chi connectivity index (χ0v) is 14.3. The molecule has 0 aromatic carbocycles. The molecule has 0 amide bonds. The van der Waals surface area contributed by atoms with Gasteiger partial charge in [0.05, 0.1) is 11.7 Å². The van der Waals surface area contributed by atoms with Crippen molar-refractivity contribution in [2.45, 2.75) is 103 Å². The van der Waals surface area contributed by atoms with E-state index < -0.39 is 0 Å². The van der Waals surface area contributed by atoms with Gasteiger partial charge in [0.2, 0.25) is 0 Å². The molecule has 2 nitrogen and oxygen atoms in total. The van der Waals surface area contributed by atoms with Crippen LogP contribution in [0.2, 0.25) is 0 Å². The number of hydrogen-bond acceptors (Lipinski definition) is 2. The Labute approximate surface area is 126 Å². The van der Waals surface area contributed by atoms with Gasteiger partial charge in [0, 0.05) is 12.1 Å². The number of hydrogen-bond donors (Lipinski definition) is 1. The molecule has 1 saturated carbocycles. The maximum absolute atomic E-state index is 6.53. The van der Waals surface area contributed by atoms with Crippen molar-refractivity contribution in [2.75, 3.05) is 6.54 Å². The second-order valence-corrected chi connectivity index (χ2v) is 8.99. The summed E-state index contributed by atoms with van der Waals surface area (Å²) in [5, 5.41) is 3.65. The summed E-state index contributed by atoms with van der Waals surface area (Å²) in [4.78, 5) is 0. The van der Waals surface area contributed by atoms with E-state index in [0.717, 1.165) is 6.54 Å². The van der Waals surface area contributed by atoms with Gasteiger partial charge in [-0.1, -0.05) is 33.1 Å². The average Bonchev–Trinajstić information content (AvgIpc) is 2.69. The lowest BCUT2D eigenvalue weighted by Gasteiger charge is -2.36. The van der Waals surface area contributed by atoms with Crippen LogP contribution >= 0.6 is 0 Å². The van der Waals surface area contributed by atoms with Crippen LogP contribution in [0.4, 0.5) is 0 Å². The Hall–Kier alpha value is -0.0800. The van der Waals surface area contributed by atoms with Crippen LogP contribution in [0.1, 0.15) is 86.0 Å². The normalized spacial score (nSPS) is 27.1. The van der Waals surface area contributed by atoms with E-state index in [4.69, 9.17) is 4.74 Å². The Bertz CT molecular complexity index is 310. The molecule has 1 spiro atoms. The number of ether oxygens (including phenoxy) is 1. The predicted octanol–water partition coefficient (Wildman–Crippen LogP) is 4.67. The fourth-order valence-corrected chi connectivity index (χ4v) is 3.80. The summed E-state index contributed by atoms with van der Waals surface area (Å²) in [6.07, 6.45) is 11.1. The monoisotopic (exact) mass is 281 g/mol. The molecule has 1 atom stereocenters. The first-order chi connectivity index (χ1) is 9.20. The molecule has 2 heteroatoms. The van der Waals surface area contributed by atoms with Crippen molar-refractivity contribution in [3.63, 3.8) is 0 Å². The van der Waals surface area contributed by atoms with E-state index in [1.165, 1.54) is 51.4 Å². The fraction of sp³-hybridized carbons (Fsp3) is 1.00. The van der Waals surface area contributed by atoms with Crippen molar-refractivity contribution in [1.29, 1.82) is 0 Å². The van der Waals surface area contributed by atoms with Gasteiger partial charge in [-0.15, -0.1) is 0 Å². The number of rotatable bonds is 4. The van der Waals surface area contributed by atoms with Gasteiger partial charge in [-0.05, 0) is 58.3 Å². The van der Waals surface area contributed by atoms with Crippen molar-refractivity contribution in [3.05, 3.63) is 0 Å². The van der Waals surface area contributed by atoms with Crippen LogP contribution in [0.25, 0.3) is 0 Å². The van der Waals surface area contributed by atoms with Crippen LogP contribution in [-0.2, 0) is 4.74 Å². The molecule has 1 aliphatic carbocycles. The second kappa shape index (κ2) is 5.96. The van der Waals surface area contributed by atoms with Crippen LogP contribution in [0.5, 0.6) is 0 Å². The van der Waals surface area contributed by atoms with Crippen LogP contribution in [0, 0.1) is 5.41 Å². The maximum Gasteiger partial charge on any atom is 0.0687 e. The highest BCUT2D eigenvalue weighted by atomic mass is 16.5. The molecule has 1 unspecified atom stereocenters. The van der Waals surface area contributed by atoms with Crippen LogP contribution in [0.15, 0.2) is 0 Å². The highest BCUT2D eigenvalue weighted by Crippen LogP contribution is 2.44. The Morgan fingerprint density at radius 1 is 1.00 bits per heavy atom. The van der Waals surface area contributed by atoms with Gasteiger partial charge in [-0.3, -0.25) is 0 Å². The van der Waals surface area contributed by atoms with E-state index in [1.807, 2.05) is 0 Å². The molecule has 0 aromatic rings. The smallest absolute Gasteiger partial charge is 0.0687 e. The lowest BCUT2D eigenvalue weighted by molar-refractivity contribution is -0.0747. The molecule has 0 aromatic heterocycles. The summed E-state index contributed by atoms with van der Waals surface area (Å²) < 4.78 is 6.53. The van der Waals surface area contributed by atoms with Gasteiger partial charge in [0.25, 0.3) is 0 Å². The largest absolute Gasteiger partial charge is 0.372 e. The molecular formula is C18H35NO. The SMILES string of the molecule is CC(C)(CNC(C)(C)C)CC1CCC2(CCCCC2)O1. The maximum atomic E-state index is 6.53. The second-order valence-electron chi connectivity index (χ2n) is 8.99. The molecule has 2 aliphatic rings. The molecule has 0 radical (unpaired) electrons. The minimum atomic E-state index is 0.207. The molecule has 20 heavy (non-hydrogen) atoms. The predicted molar refractivity (Wildman–Crippen MR) is 86.1 cm³/mol. The Morgan fingerprint density at radius 2 is 1.65 bits per heavy atom. The fourth-order valence-electron chi connectivity index (χ4n) is 3.80. The third-order valence-corrected chi connectivity index (χ3v) is 4.98. The lowest BCUT2D eigenvalue weighted by Crippen LogP contribution is -2.43. The van der Waals surface area contributed by atoms with E-state index in [9.17, 15) is 0 Å². The van der Waals surface area contributed by atoms with Crippen LogP contribution in [-0.4, -0.2) is 23.8 Å². The quantitative estimate of drug-likeness (QED) is 0.808. The van der Waals surface area contributed by atoms with Gasteiger partial charge in [0.15, 0.2) is 0 Å². The Kier molecular flexibility index (Phi) is 4.86. The molecule has 1 saturated heterocycles. The molecule has 2 fully saturated rings. The molecule has 118 valence electrons. The van der Waals surface area contributed by atoms with Gasteiger partial charge >= 0.3 is 0 Å². The minimum Gasteiger partial charge on any atom is -0.372 e. The van der Waals surface area contributed by atoms with Gasteiger partial charge in [0.1, 0.15) is 0 Å². The molecule has 1 N–H and O–H groups in total. The van der Waals surface area contributed by atoms with E-state index in [1.54, 1.807) is 0 Å². The molecule has 1 aliphatic heterocycles. The number of nitrogens with one attached hydrogen (secondary N) is 1. The van der Waals surface area contributed by atoms with Crippen molar-refractivity contribution in [1.82, 2.24) is 5.32 Å². The third kappa shape index (κ3) is 4.73. The van der Waals surface area contributed by atoms with Crippen molar-refractivity contribution >= 4 is 0 Å². The van der Waals surface area contributed by atoms with Gasteiger partial charge in [-0.25, -0.2) is 0 Å². The third-order valence-electron chi connectivity index (χ3n) is 4.98. The summed E-state index contributed by atoms with van der Waals surface area (Å²) in [5.41, 5.74) is 0.799. The zero-order valence-electron chi connectivity index (χ0n) is 14.3. The first kappa shape index (κ1) is 16.3. The highest BCUT2D eigenvalue weighted by Gasteiger charge is 2.42. The first-order valence-corrected chi connectivity index (χ1v) is 8.63. The summed E-state index contributed by atoms with van der Waals surface area (Å²) in [6.45, 7) is 12.6. The Morgan fingerprint density at radius 3 is 2.25 bits per heavy atom. The highest BCUT2D eigenvalue weighted by molar-refractivity contribution is 4.93. The van der Waals surface area contributed by atoms with Crippen LogP contribution < -0.4 is 5.32 Å². The minimum absolute atomic E-state index is 0.207. The Balaban J connectivity index is 1.81. The summed E-state index contributed by atoms with van der Waals surface area (Å²) >= 11 is 0. The molecular weight excluding hydrogens is 246 g/mol. The van der Waals surface area contributed by atoms with Crippen molar-refractivity contribution in [2.24, 2.45) is 5.41 Å². The molecule has 2 rings (SSSR count). The topological polar surface area (TPSA) is 21.3 Å². The summed E-state index contributed by atoms with van der Waals surface area (Å²) in [5.74, 6) is 0. The van der Waals surface area contributed by atoms with E-state index in [0.29, 0.717) is 11.5 Å². The first-order valence-electron chi connectivity index (χ1n) is 8.63. The zero-order chi connectivity index (χ0) is 14.9. The van der Waals surface area contributed by atoms with Gasteiger partial charge < -0.3 is 10.1 Å². The van der Waals surface area contributed by atoms with E-state index in [2.05, 4.69) is 39.9 Å². The summed E-state index contributed by atoms with van der Waals surface area (Å²) in [7, 11) is 0. The summed E-state index contributed by atoms with van der Waals surface area (Å²) in [6, 6.07) is 0. The lowest BCUT2D eigenvalue weighted by atomic mass is 9.82. The van der Waals surface area contributed by atoms with Gasteiger partial charge in [-0.2, -0.15) is 0 Å². The van der Waals surface area contributed by atoms with E-state index in [-0.39, 0.29) is 11.1 Å². The van der Waals surface area contributed by atoms with Crippen LogP contribution in [0.3, 0.4) is 0 Å². The van der Waals surface area contributed by atoms with Crippen molar-refractivity contribution in [3.8, 4) is 0 Å². The molecule has 1 heterocycles. The molecule has 0 bridgehead atoms. The average molecular weight is 281 g/mol. The van der Waals surface area contributed by atoms with E-state index >= 15 is 0 Å². The van der Waals surface area contributed by atoms with Crippen molar-refractivity contribution < 1.29 is 4.74 Å². The standard InChI is InChI=1S/C18H35NO/c1-16(2,3)19-14-17(4,5)13-15-9-12-18(20-15)10-7-6-8-11-18/h15,19H,6-14H2,1-5H3.